The summed E-state index contributed by atoms with van der Waals surface area (Å²) in [5.74, 6) is 2.44. The minimum Gasteiger partial charge on any atom is -0.493 e. The van der Waals surface area contributed by atoms with Gasteiger partial charge in [0.25, 0.3) is 0 Å². The lowest BCUT2D eigenvalue weighted by molar-refractivity contribution is 0.155. The fourth-order valence-electron chi connectivity index (χ4n) is 4.43. The molecule has 2 aliphatic rings. The molecule has 2 fully saturated rings. The first-order valence-corrected chi connectivity index (χ1v) is 9.73. The Labute approximate surface area is 153 Å². The molecular weight excluding hydrogens is 331 g/mol. The summed E-state index contributed by atoms with van der Waals surface area (Å²) in [7, 11) is 0. The van der Waals surface area contributed by atoms with Crippen LogP contribution in [0.4, 0.5) is 4.39 Å². The smallest absolute Gasteiger partial charge is 0.138 e. The number of hydrogen-bond donors (Lipinski definition) is 1. The Hall–Kier alpha value is -1.88. The van der Waals surface area contributed by atoms with Crippen LogP contribution < -0.4 is 4.74 Å². The highest BCUT2D eigenvalue weighted by Gasteiger charge is 2.26. The lowest BCUT2D eigenvalue weighted by Crippen LogP contribution is -2.21. The van der Waals surface area contributed by atoms with E-state index in [1.807, 2.05) is 6.07 Å². The quantitative estimate of drug-likeness (QED) is 0.794. The van der Waals surface area contributed by atoms with Crippen LogP contribution in [0, 0.1) is 23.6 Å². The number of nitrogens with zero attached hydrogens (tertiary/aromatic N) is 1. The second-order valence-corrected chi connectivity index (χ2v) is 7.80. The maximum absolute atomic E-state index is 14.3. The van der Waals surface area contributed by atoms with Crippen LogP contribution in [0.1, 0.15) is 44.2 Å². The van der Waals surface area contributed by atoms with Crippen molar-refractivity contribution < 1.29 is 13.9 Å². The zero-order valence-electron chi connectivity index (χ0n) is 15.2. The molecule has 1 unspecified atom stereocenters. The van der Waals surface area contributed by atoms with Gasteiger partial charge in [0.2, 0.25) is 0 Å². The van der Waals surface area contributed by atoms with Gasteiger partial charge in [-0.3, -0.25) is 5.10 Å². The summed E-state index contributed by atoms with van der Waals surface area (Å²) in [5, 5.41) is 7.39. The molecule has 1 aromatic heterocycles. The van der Waals surface area contributed by atoms with Crippen molar-refractivity contribution >= 4 is 17.0 Å². The van der Waals surface area contributed by atoms with E-state index in [9.17, 15) is 4.39 Å². The molecule has 2 heterocycles. The van der Waals surface area contributed by atoms with E-state index < -0.39 is 0 Å². The third kappa shape index (κ3) is 3.78. The van der Waals surface area contributed by atoms with E-state index in [2.05, 4.69) is 16.8 Å². The van der Waals surface area contributed by atoms with Gasteiger partial charge in [-0.05, 0) is 49.5 Å². The van der Waals surface area contributed by atoms with Gasteiger partial charge in [-0.2, -0.15) is 5.10 Å². The molecule has 1 aromatic carbocycles. The van der Waals surface area contributed by atoms with Crippen molar-refractivity contribution in [3.05, 3.63) is 30.2 Å². The largest absolute Gasteiger partial charge is 0.493 e. The summed E-state index contributed by atoms with van der Waals surface area (Å²) in [6, 6.07) is 3.28. The van der Waals surface area contributed by atoms with Gasteiger partial charge in [0.15, 0.2) is 0 Å². The Balaban J connectivity index is 1.29. The van der Waals surface area contributed by atoms with Gasteiger partial charge in [-0.1, -0.05) is 19.4 Å². The Morgan fingerprint density at radius 1 is 1.19 bits per heavy atom. The zero-order chi connectivity index (χ0) is 17.9. The predicted octanol–water partition coefficient (Wildman–Crippen LogP) is 4.96. The lowest BCUT2D eigenvalue weighted by atomic mass is 9.78. The molecule has 1 N–H and O–H groups in total. The van der Waals surface area contributed by atoms with Gasteiger partial charge in [0, 0.05) is 25.3 Å². The third-order valence-corrected chi connectivity index (χ3v) is 5.95. The van der Waals surface area contributed by atoms with Crippen LogP contribution in [0.25, 0.3) is 17.0 Å². The van der Waals surface area contributed by atoms with E-state index in [0.29, 0.717) is 34.9 Å². The molecule has 2 aromatic rings. The fraction of sp³-hybridized carbons (Fsp3) is 0.571. The molecule has 0 radical (unpaired) electrons. The average Bonchev–Trinajstić information content (AvgIpc) is 3.30. The number of H-pyrrole nitrogens is 1. The van der Waals surface area contributed by atoms with Gasteiger partial charge >= 0.3 is 0 Å². The number of benzene rings is 1. The second kappa shape index (κ2) is 7.78. The van der Waals surface area contributed by atoms with Gasteiger partial charge in [0.1, 0.15) is 11.6 Å². The molecule has 0 amide bonds. The van der Waals surface area contributed by atoms with Gasteiger partial charge in [-0.15, -0.1) is 0 Å². The van der Waals surface area contributed by atoms with E-state index in [4.69, 9.17) is 9.47 Å². The van der Waals surface area contributed by atoms with E-state index in [1.165, 1.54) is 44.6 Å². The molecule has 5 heteroatoms. The Bertz CT molecular complexity index is 759. The number of aromatic nitrogens is 2. The summed E-state index contributed by atoms with van der Waals surface area (Å²) in [6.45, 7) is 6.22. The highest BCUT2D eigenvalue weighted by molar-refractivity contribution is 5.88. The number of aromatic amines is 1. The number of fused-ring (bicyclic) bond motifs is 1. The van der Waals surface area contributed by atoms with Crippen LogP contribution in [-0.2, 0) is 4.74 Å². The molecular formula is C21H27FN2O2. The van der Waals surface area contributed by atoms with Crippen molar-refractivity contribution in [2.45, 2.75) is 38.5 Å². The standard InChI is InChI=1S/C21H27FN2O2/c1-2-19-21-18(22)10-17(11-20(21)24-23-19)26-13-15-5-3-14(4-6-15)9-16-7-8-25-12-16/h2,10-11,14-16H,1,3-9,12-13H2,(H,23,24). The lowest BCUT2D eigenvalue weighted by Gasteiger charge is -2.29. The van der Waals surface area contributed by atoms with Gasteiger partial charge in [-0.25, -0.2) is 4.39 Å². The molecule has 4 nitrogen and oxygen atoms in total. The number of hydrogen-bond acceptors (Lipinski definition) is 3. The van der Waals surface area contributed by atoms with Crippen molar-refractivity contribution in [1.29, 1.82) is 0 Å². The Kier molecular flexibility index (Phi) is 5.25. The minimum absolute atomic E-state index is 0.316. The van der Waals surface area contributed by atoms with E-state index in [0.717, 1.165) is 25.0 Å². The van der Waals surface area contributed by atoms with Crippen molar-refractivity contribution in [1.82, 2.24) is 10.2 Å². The van der Waals surface area contributed by atoms with Gasteiger partial charge in [0.05, 0.1) is 23.2 Å². The van der Waals surface area contributed by atoms with Crippen molar-refractivity contribution in [3.8, 4) is 5.75 Å². The first-order chi connectivity index (χ1) is 12.7. The molecule has 1 aliphatic heterocycles. The molecule has 4 rings (SSSR count). The first-order valence-electron chi connectivity index (χ1n) is 9.73. The first kappa shape index (κ1) is 17.5. The molecule has 1 saturated carbocycles. The van der Waals surface area contributed by atoms with E-state index >= 15 is 0 Å². The Morgan fingerprint density at radius 3 is 2.73 bits per heavy atom. The maximum atomic E-state index is 14.3. The van der Waals surface area contributed by atoms with Crippen molar-refractivity contribution in [2.75, 3.05) is 19.8 Å². The van der Waals surface area contributed by atoms with Crippen LogP contribution >= 0.6 is 0 Å². The predicted molar refractivity (Wildman–Crippen MR) is 101 cm³/mol. The highest BCUT2D eigenvalue weighted by Crippen LogP contribution is 2.35. The van der Waals surface area contributed by atoms with Crippen LogP contribution in [-0.4, -0.2) is 30.0 Å². The molecule has 0 spiro atoms. The number of ether oxygens (including phenoxy) is 2. The number of rotatable bonds is 6. The molecule has 1 aliphatic carbocycles. The average molecular weight is 358 g/mol. The molecule has 0 bridgehead atoms. The van der Waals surface area contributed by atoms with Crippen molar-refractivity contribution in [3.63, 3.8) is 0 Å². The zero-order valence-corrected chi connectivity index (χ0v) is 15.2. The number of nitrogens with one attached hydrogen (secondary N) is 1. The molecule has 140 valence electrons. The topological polar surface area (TPSA) is 47.1 Å². The van der Waals surface area contributed by atoms with E-state index in [-0.39, 0.29) is 5.82 Å². The van der Waals surface area contributed by atoms with Crippen LogP contribution in [0.15, 0.2) is 18.7 Å². The summed E-state index contributed by atoms with van der Waals surface area (Å²) in [6.07, 6.45) is 9.07. The highest BCUT2D eigenvalue weighted by atomic mass is 19.1. The monoisotopic (exact) mass is 358 g/mol. The fourth-order valence-corrected chi connectivity index (χ4v) is 4.43. The number of halogens is 1. The minimum atomic E-state index is -0.316. The molecule has 1 atom stereocenters. The molecule has 26 heavy (non-hydrogen) atoms. The SMILES string of the molecule is C=Cc1n[nH]c2cc(OCC3CCC(CC4CCOC4)CC3)cc(F)c12. The van der Waals surface area contributed by atoms with Crippen molar-refractivity contribution in [2.24, 2.45) is 17.8 Å². The summed E-state index contributed by atoms with van der Waals surface area (Å²) >= 11 is 0. The molecule has 1 saturated heterocycles. The maximum Gasteiger partial charge on any atom is 0.138 e. The normalized spacial score (nSPS) is 26.3. The van der Waals surface area contributed by atoms with E-state index in [1.54, 1.807) is 6.08 Å². The summed E-state index contributed by atoms with van der Waals surface area (Å²) < 4.78 is 25.7. The van der Waals surface area contributed by atoms with Crippen LogP contribution in [0.2, 0.25) is 0 Å². The second-order valence-electron chi connectivity index (χ2n) is 7.80. The summed E-state index contributed by atoms with van der Waals surface area (Å²) in [5.41, 5.74) is 1.19. The van der Waals surface area contributed by atoms with Crippen LogP contribution in [0.3, 0.4) is 0 Å². The summed E-state index contributed by atoms with van der Waals surface area (Å²) in [4.78, 5) is 0. The Morgan fingerprint density at radius 2 is 2.00 bits per heavy atom. The third-order valence-electron chi connectivity index (χ3n) is 5.95. The van der Waals surface area contributed by atoms with Crippen LogP contribution in [0.5, 0.6) is 5.75 Å². The van der Waals surface area contributed by atoms with Gasteiger partial charge < -0.3 is 9.47 Å².